The van der Waals surface area contributed by atoms with Gasteiger partial charge >= 0.3 is 6.18 Å². The topological polar surface area (TPSA) is 43.7 Å². The molecule has 0 aliphatic heterocycles. The third-order valence-electron chi connectivity index (χ3n) is 2.92. The van der Waals surface area contributed by atoms with Crippen molar-refractivity contribution in [1.82, 2.24) is 4.90 Å². The molecule has 0 radical (unpaired) electrons. The molecule has 1 aromatic rings. The quantitative estimate of drug-likeness (QED) is 0.866. The van der Waals surface area contributed by atoms with Crippen molar-refractivity contribution in [3.05, 3.63) is 23.8 Å². The Kier molecular flexibility index (Phi) is 5.05. The van der Waals surface area contributed by atoms with E-state index in [2.05, 4.69) is 0 Å². The first-order valence-electron chi connectivity index (χ1n) is 6.08. The van der Waals surface area contributed by atoms with Crippen molar-refractivity contribution in [2.75, 3.05) is 13.1 Å². The van der Waals surface area contributed by atoms with Crippen LogP contribution in [0.25, 0.3) is 0 Å². The Bertz CT molecular complexity index is 401. The molecule has 6 heteroatoms. The van der Waals surface area contributed by atoms with Crippen molar-refractivity contribution >= 4 is 0 Å². The molecule has 19 heavy (non-hydrogen) atoms. The van der Waals surface area contributed by atoms with Crippen molar-refractivity contribution in [2.24, 2.45) is 0 Å². The van der Waals surface area contributed by atoms with Gasteiger partial charge in [0.2, 0.25) is 0 Å². The molecule has 2 N–H and O–H groups in total. The van der Waals surface area contributed by atoms with Crippen LogP contribution in [0, 0.1) is 0 Å². The maximum atomic E-state index is 12.5. The lowest BCUT2D eigenvalue weighted by atomic mass is 10.0. The minimum Gasteiger partial charge on any atom is -0.507 e. The van der Waals surface area contributed by atoms with Crippen molar-refractivity contribution in [3.63, 3.8) is 0 Å². The monoisotopic (exact) mass is 277 g/mol. The van der Waals surface area contributed by atoms with Crippen molar-refractivity contribution in [1.29, 1.82) is 0 Å². The number of nitrogens with zero attached hydrogens (tertiary/aromatic N) is 1. The van der Waals surface area contributed by atoms with E-state index in [0.29, 0.717) is 6.42 Å². The van der Waals surface area contributed by atoms with Crippen molar-refractivity contribution in [3.8, 4) is 11.5 Å². The Morgan fingerprint density at radius 1 is 1.21 bits per heavy atom. The van der Waals surface area contributed by atoms with Crippen LogP contribution in [0.15, 0.2) is 18.2 Å². The van der Waals surface area contributed by atoms with Gasteiger partial charge in [-0.3, -0.25) is 4.90 Å². The van der Waals surface area contributed by atoms with E-state index in [4.69, 9.17) is 0 Å². The fourth-order valence-electron chi connectivity index (χ4n) is 2.08. The van der Waals surface area contributed by atoms with Gasteiger partial charge in [-0.15, -0.1) is 0 Å². The summed E-state index contributed by atoms with van der Waals surface area (Å²) in [7, 11) is 0. The van der Waals surface area contributed by atoms with Gasteiger partial charge < -0.3 is 10.2 Å². The molecule has 1 unspecified atom stereocenters. The highest BCUT2D eigenvalue weighted by atomic mass is 19.4. The van der Waals surface area contributed by atoms with Crippen LogP contribution in [0.4, 0.5) is 13.2 Å². The largest absolute Gasteiger partial charge is 0.507 e. The molecule has 0 heterocycles. The number of halogens is 3. The van der Waals surface area contributed by atoms with E-state index in [1.165, 1.54) is 30.0 Å². The normalized spacial score (nSPS) is 13.8. The second-order valence-electron chi connectivity index (χ2n) is 4.47. The van der Waals surface area contributed by atoms with Gasteiger partial charge in [0, 0.05) is 6.04 Å². The van der Waals surface area contributed by atoms with Crippen LogP contribution in [0.1, 0.15) is 31.9 Å². The van der Waals surface area contributed by atoms with Gasteiger partial charge in [-0.25, -0.2) is 0 Å². The predicted molar refractivity (Wildman–Crippen MR) is 66.1 cm³/mol. The van der Waals surface area contributed by atoms with Crippen LogP contribution in [0.2, 0.25) is 0 Å². The maximum absolute atomic E-state index is 12.5. The van der Waals surface area contributed by atoms with E-state index in [0.717, 1.165) is 0 Å². The highest BCUT2D eigenvalue weighted by Crippen LogP contribution is 2.36. The van der Waals surface area contributed by atoms with Crippen LogP contribution >= 0.6 is 0 Å². The van der Waals surface area contributed by atoms with E-state index in [-0.39, 0.29) is 23.6 Å². The first-order valence-corrected chi connectivity index (χ1v) is 6.08. The zero-order valence-corrected chi connectivity index (χ0v) is 10.9. The van der Waals surface area contributed by atoms with Crippen LogP contribution in [-0.4, -0.2) is 34.4 Å². The SMILES string of the molecule is CCCN(CC(F)(F)F)C(C)c1c(O)cccc1O. The third kappa shape index (κ3) is 4.31. The summed E-state index contributed by atoms with van der Waals surface area (Å²) in [6.07, 6.45) is -3.77. The molecule has 1 atom stereocenters. The van der Waals surface area contributed by atoms with Crippen LogP contribution in [-0.2, 0) is 0 Å². The van der Waals surface area contributed by atoms with E-state index in [1.54, 1.807) is 6.92 Å². The number of aromatic hydroxyl groups is 2. The molecule has 0 aromatic heterocycles. The Balaban J connectivity index is 3.02. The lowest BCUT2D eigenvalue weighted by Gasteiger charge is -2.30. The summed E-state index contributed by atoms with van der Waals surface area (Å²) in [6.45, 7) is 2.47. The number of rotatable bonds is 5. The van der Waals surface area contributed by atoms with Crippen LogP contribution < -0.4 is 0 Å². The molecule has 0 saturated carbocycles. The lowest BCUT2D eigenvalue weighted by Crippen LogP contribution is -2.36. The van der Waals surface area contributed by atoms with Gasteiger partial charge in [-0.1, -0.05) is 13.0 Å². The number of alkyl halides is 3. The maximum Gasteiger partial charge on any atom is 0.401 e. The minimum absolute atomic E-state index is 0.125. The highest BCUT2D eigenvalue weighted by Gasteiger charge is 2.33. The Labute approximate surface area is 110 Å². The summed E-state index contributed by atoms with van der Waals surface area (Å²) < 4.78 is 37.6. The molecular formula is C13H18F3NO2. The molecule has 0 spiro atoms. The van der Waals surface area contributed by atoms with Crippen molar-refractivity contribution in [2.45, 2.75) is 32.5 Å². The first-order chi connectivity index (χ1) is 8.76. The summed E-state index contributed by atoms with van der Waals surface area (Å²) in [4.78, 5) is 1.19. The smallest absolute Gasteiger partial charge is 0.401 e. The summed E-state index contributed by atoms with van der Waals surface area (Å²) in [5.41, 5.74) is 0.125. The fraction of sp³-hybridized carbons (Fsp3) is 0.538. The van der Waals surface area contributed by atoms with Gasteiger partial charge in [0.15, 0.2) is 0 Å². The van der Waals surface area contributed by atoms with E-state index >= 15 is 0 Å². The molecule has 3 nitrogen and oxygen atoms in total. The number of phenolic OH excluding ortho intramolecular Hbond substituents is 2. The van der Waals surface area contributed by atoms with Gasteiger partial charge in [0.1, 0.15) is 11.5 Å². The molecule has 0 saturated heterocycles. The molecule has 0 bridgehead atoms. The average Bonchev–Trinajstić information content (AvgIpc) is 2.26. The first kappa shape index (κ1) is 15.6. The molecule has 108 valence electrons. The molecule has 0 amide bonds. The van der Waals surface area contributed by atoms with Crippen LogP contribution in [0.3, 0.4) is 0 Å². The summed E-state index contributed by atoms with van der Waals surface area (Å²) in [5.74, 6) is -0.397. The van der Waals surface area contributed by atoms with E-state index < -0.39 is 18.8 Å². The van der Waals surface area contributed by atoms with Gasteiger partial charge in [0.05, 0.1) is 12.1 Å². The standard InChI is InChI=1S/C13H18F3NO2/c1-3-7-17(8-13(14,15)16)9(2)12-10(18)5-4-6-11(12)19/h4-6,9,18-19H,3,7-8H2,1-2H3. The number of hydrogen-bond donors (Lipinski definition) is 2. The second kappa shape index (κ2) is 6.14. The third-order valence-corrected chi connectivity index (χ3v) is 2.92. The number of benzene rings is 1. The lowest BCUT2D eigenvalue weighted by molar-refractivity contribution is -0.150. The zero-order valence-electron chi connectivity index (χ0n) is 10.9. The molecule has 0 aliphatic rings. The van der Waals surface area contributed by atoms with E-state index in [1.807, 2.05) is 0 Å². The zero-order chi connectivity index (χ0) is 14.6. The molecule has 0 fully saturated rings. The minimum atomic E-state index is -4.32. The summed E-state index contributed by atoms with van der Waals surface area (Å²) in [6, 6.07) is 3.42. The average molecular weight is 277 g/mol. The van der Waals surface area contributed by atoms with Gasteiger partial charge in [0.25, 0.3) is 0 Å². The van der Waals surface area contributed by atoms with Gasteiger partial charge in [-0.2, -0.15) is 13.2 Å². The number of hydrogen-bond acceptors (Lipinski definition) is 3. The number of phenols is 2. The molecule has 1 aromatic carbocycles. The summed E-state index contributed by atoms with van der Waals surface area (Å²) >= 11 is 0. The predicted octanol–water partition coefficient (Wildman–Crippen LogP) is 3.43. The summed E-state index contributed by atoms with van der Waals surface area (Å²) in [5, 5.41) is 19.4. The Morgan fingerprint density at radius 3 is 2.16 bits per heavy atom. The second-order valence-corrected chi connectivity index (χ2v) is 4.47. The highest BCUT2D eigenvalue weighted by molar-refractivity contribution is 5.44. The van der Waals surface area contributed by atoms with Crippen LogP contribution in [0.5, 0.6) is 11.5 Å². The Morgan fingerprint density at radius 2 is 1.74 bits per heavy atom. The van der Waals surface area contributed by atoms with Gasteiger partial charge in [-0.05, 0) is 32.0 Å². The fourth-order valence-corrected chi connectivity index (χ4v) is 2.08. The molecule has 0 aliphatic carbocycles. The molecule has 1 rings (SSSR count). The Hall–Kier alpha value is -1.43. The van der Waals surface area contributed by atoms with Crippen molar-refractivity contribution < 1.29 is 23.4 Å². The van der Waals surface area contributed by atoms with E-state index in [9.17, 15) is 23.4 Å². The molecular weight excluding hydrogens is 259 g/mol.